The highest BCUT2D eigenvalue weighted by Gasteiger charge is 2.32. The first-order valence-corrected chi connectivity index (χ1v) is 6.88. The van der Waals surface area contributed by atoms with Crippen LogP contribution in [0.5, 0.6) is 0 Å². The molecule has 0 unspecified atom stereocenters. The van der Waals surface area contributed by atoms with Gasteiger partial charge in [0, 0.05) is 18.5 Å². The van der Waals surface area contributed by atoms with Crippen molar-refractivity contribution >= 4 is 5.82 Å². The van der Waals surface area contributed by atoms with Gasteiger partial charge in [-0.3, -0.25) is 4.68 Å². The van der Waals surface area contributed by atoms with E-state index in [9.17, 15) is 13.2 Å². The molecule has 0 atom stereocenters. The lowest BCUT2D eigenvalue weighted by atomic mass is 9.80. The number of nitrogens with two attached hydrogens (primary N) is 1. The van der Waals surface area contributed by atoms with Crippen molar-refractivity contribution in [2.24, 2.45) is 7.05 Å². The number of halogens is 3. The third-order valence-electron chi connectivity index (χ3n) is 4.09. The minimum Gasteiger partial charge on any atom is -0.383 e. The molecule has 1 heterocycles. The molecule has 1 aromatic carbocycles. The lowest BCUT2D eigenvalue weighted by molar-refractivity contribution is -0.137. The van der Waals surface area contributed by atoms with E-state index in [1.807, 2.05) is 0 Å². The number of nitrogen functional groups attached to an aromatic ring is 1. The van der Waals surface area contributed by atoms with E-state index in [0.717, 1.165) is 37.1 Å². The molecule has 112 valence electrons. The Morgan fingerprint density at radius 1 is 1.29 bits per heavy atom. The van der Waals surface area contributed by atoms with Crippen LogP contribution in [0.15, 0.2) is 24.3 Å². The predicted molar refractivity (Wildman–Crippen MR) is 74.7 cm³/mol. The van der Waals surface area contributed by atoms with Gasteiger partial charge in [-0.15, -0.1) is 0 Å². The zero-order valence-electron chi connectivity index (χ0n) is 11.6. The van der Waals surface area contributed by atoms with Crippen LogP contribution >= 0.6 is 0 Å². The Kier molecular flexibility index (Phi) is 3.19. The standard InChI is InChI=1S/C15H16F3N3/c1-21-14(19)12(13(20-21)9-4-2-5-9)10-6-3-7-11(8-10)15(16,17)18/h3,6-9H,2,4-5,19H2,1H3. The molecule has 6 heteroatoms. The van der Waals surface area contributed by atoms with Gasteiger partial charge >= 0.3 is 6.18 Å². The summed E-state index contributed by atoms with van der Waals surface area (Å²) >= 11 is 0. The first kappa shape index (κ1) is 14.0. The lowest BCUT2D eigenvalue weighted by Gasteiger charge is -2.24. The number of alkyl halides is 3. The molecular formula is C15H16F3N3. The van der Waals surface area contributed by atoms with E-state index in [4.69, 9.17) is 5.73 Å². The van der Waals surface area contributed by atoms with E-state index in [1.165, 1.54) is 6.07 Å². The van der Waals surface area contributed by atoms with Gasteiger partial charge in [-0.25, -0.2) is 0 Å². The average Bonchev–Trinajstić information content (AvgIpc) is 2.62. The molecule has 0 radical (unpaired) electrons. The number of nitrogens with zero attached hydrogens (tertiary/aromatic N) is 2. The van der Waals surface area contributed by atoms with Crippen molar-refractivity contribution in [1.82, 2.24) is 9.78 Å². The van der Waals surface area contributed by atoms with Gasteiger partial charge in [0.15, 0.2) is 0 Å². The van der Waals surface area contributed by atoms with Gasteiger partial charge in [0.1, 0.15) is 5.82 Å². The molecule has 0 saturated heterocycles. The van der Waals surface area contributed by atoms with E-state index < -0.39 is 11.7 Å². The number of rotatable bonds is 2. The summed E-state index contributed by atoms with van der Waals surface area (Å²) in [5.74, 6) is 0.717. The summed E-state index contributed by atoms with van der Waals surface area (Å²) in [6.45, 7) is 0. The second-order valence-electron chi connectivity index (χ2n) is 5.48. The van der Waals surface area contributed by atoms with Crippen molar-refractivity contribution in [3.63, 3.8) is 0 Å². The van der Waals surface area contributed by atoms with Crippen LogP contribution in [0.25, 0.3) is 11.1 Å². The monoisotopic (exact) mass is 295 g/mol. The number of anilines is 1. The van der Waals surface area contributed by atoms with Gasteiger partial charge in [-0.1, -0.05) is 18.6 Å². The highest BCUT2D eigenvalue weighted by molar-refractivity contribution is 5.77. The molecule has 1 saturated carbocycles. The summed E-state index contributed by atoms with van der Waals surface area (Å²) in [4.78, 5) is 0. The van der Waals surface area contributed by atoms with Crippen LogP contribution in [0.1, 0.15) is 36.4 Å². The molecule has 3 nitrogen and oxygen atoms in total. The summed E-state index contributed by atoms with van der Waals surface area (Å²) in [6.07, 6.45) is -1.20. The van der Waals surface area contributed by atoms with E-state index in [-0.39, 0.29) is 0 Å². The van der Waals surface area contributed by atoms with Crippen molar-refractivity contribution in [2.45, 2.75) is 31.4 Å². The lowest BCUT2D eigenvalue weighted by Crippen LogP contribution is -2.11. The number of hydrogen-bond donors (Lipinski definition) is 1. The quantitative estimate of drug-likeness (QED) is 0.911. The summed E-state index contributed by atoms with van der Waals surface area (Å²) in [5.41, 5.74) is 7.32. The topological polar surface area (TPSA) is 43.8 Å². The molecule has 0 bridgehead atoms. The molecule has 0 spiro atoms. The Bertz CT molecular complexity index is 669. The summed E-state index contributed by atoms with van der Waals surface area (Å²) in [6, 6.07) is 5.29. The maximum Gasteiger partial charge on any atom is 0.416 e. The van der Waals surface area contributed by atoms with Crippen LogP contribution in [0.2, 0.25) is 0 Å². The van der Waals surface area contributed by atoms with Crippen LogP contribution in [-0.2, 0) is 13.2 Å². The molecule has 2 aromatic rings. The third kappa shape index (κ3) is 2.39. The number of aryl methyl sites for hydroxylation is 1. The average molecular weight is 295 g/mol. The molecule has 1 aromatic heterocycles. The molecular weight excluding hydrogens is 279 g/mol. The molecule has 21 heavy (non-hydrogen) atoms. The van der Waals surface area contributed by atoms with Gasteiger partial charge in [0.05, 0.1) is 11.3 Å². The Labute approximate surface area is 120 Å². The smallest absolute Gasteiger partial charge is 0.383 e. The Balaban J connectivity index is 2.12. The summed E-state index contributed by atoms with van der Waals surface area (Å²) in [5, 5.41) is 4.41. The molecule has 1 aliphatic carbocycles. The van der Waals surface area contributed by atoms with Crippen molar-refractivity contribution < 1.29 is 13.2 Å². The second kappa shape index (κ2) is 4.79. The Morgan fingerprint density at radius 2 is 2.00 bits per heavy atom. The Morgan fingerprint density at radius 3 is 2.57 bits per heavy atom. The predicted octanol–water partition coefficient (Wildman–Crippen LogP) is 3.96. The molecule has 1 fully saturated rings. The fourth-order valence-corrected chi connectivity index (χ4v) is 2.67. The van der Waals surface area contributed by atoms with E-state index in [0.29, 0.717) is 22.9 Å². The zero-order valence-corrected chi connectivity index (χ0v) is 11.6. The number of aromatic nitrogens is 2. The fourth-order valence-electron chi connectivity index (χ4n) is 2.67. The van der Waals surface area contributed by atoms with E-state index in [2.05, 4.69) is 5.10 Å². The van der Waals surface area contributed by atoms with Gasteiger partial charge in [-0.2, -0.15) is 18.3 Å². The second-order valence-corrected chi connectivity index (χ2v) is 5.48. The highest BCUT2D eigenvalue weighted by Crippen LogP contribution is 2.43. The largest absolute Gasteiger partial charge is 0.416 e. The van der Waals surface area contributed by atoms with Crippen molar-refractivity contribution in [3.05, 3.63) is 35.5 Å². The third-order valence-corrected chi connectivity index (χ3v) is 4.09. The van der Waals surface area contributed by atoms with Crippen molar-refractivity contribution in [3.8, 4) is 11.1 Å². The molecule has 3 rings (SSSR count). The van der Waals surface area contributed by atoms with Gasteiger partial charge < -0.3 is 5.73 Å². The first-order valence-electron chi connectivity index (χ1n) is 6.88. The van der Waals surface area contributed by atoms with E-state index in [1.54, 1.807) is 17.8 Å². The van der Waals surface area contributed by atoms with Crippen molar-refractivity contribution in [1.29, 1.82) is 0 Å². The number of benzene rings is 1. The van der Waals surface area contributed by atoms with Gasteiger partial charge in [0.2, 0.25) is 0 Å². The maximum atomic E-state index is 12.9. The zero-order chi connectivity index (χ0) is 15.2. The van der Waals surface area contributed by atoms with E-state index >= 15 is 0 Å². The SMILES string of the molecule is Cn1nc(C2CCC2)c(-c2cccc(C(F)(F)F)c2)c1N. The minimum atomic E-state index is -4.36. The van der Waals surface area contributed by atoms with Crippen LogP contribution < -0.4 is 5.73 Å². The molecule has 0 amide bonds. The minimum absolute atomic E-state index is 0.304. The highest BCUT2D eigenvalue weighted by atomic mass is 19.4. The van der Waals surface area contributed by atoms with Crippen LogP contribution in [0, 0.1) is 0 Å². The molecule has 2 N–H and O–H groups in total. The molecule has 0 aliphatic heterocycles. The normalized spacial score (nSPS) is 16.0. The van der Waals surface area contributed by atoms with Crippen LogP contribution in [0.3, 0.4) is 0 Å². The molecule has 1 aliphatic rings. The Hall–Kier alpha value is -1.98. The van der Waals surface area contributed by atoms with Gasteiger partial charge in [0.25, 0.3) is 0 Å². The first-order chi connectivity index (χ1) is 9.88. The number of hydrogen-bond acceptors (Lipinski definition) is 2. The summed E-state index contributed by atoms with van der Waals surface area (Å²) < 4.78 is 40.2. The maximum absolute atomic E-state index is 12.9. The van der Waals surface area contributed by atoms with Crippen molar-refractivity contribution in [2.75, 3.05) is 5.73 Å². The summed E-state index contributed by atoms with van der Waals surface area (Å²) in [7, 11) is 1.72. The van der Waals surface area contributed by atoms with Crippen LogP contribution in [-0.4, -0.2) is 9.78 Å². The van der Waals surface area contributed by atoms with Crippen LogP contribution in [0.4, 0.5) is 19.0 Å². The van der Waals surface area contributed by atoms with Gasteiger partial charge in [-0.05, 0) is 30.5 Å². The fraction of sp³-hybridized carbons (Fsp3) is 0.400.